The summed E-state index contributed by atoms with van der Waals surface area (Å²) >= 11 is 0. The van der Waals surface area contributed by atoms with Crippen molar-refractivity contribution in [3.8, 4) is 0 Å². The van der Waals surface area contributed by atoms with Gasteiger partial charge >= 0.3 is 0 Å². The maximum absolute atomic E-state index is 13.7. The van der Waals surface area contributed by atoms with Gasteiger partial charge in [-0.1, -0.05) is 44.2 Å². The van der Waals surface area contributed by atoms with Crippen molar-refractivity contribution < 1.29 is 9.13 Å². The fourth-order valence-electron chi connectivity index (χ4n) is 5.11. The molecule has 2 aromatic carbocycles. The van der Waals surface area contributed by atoms with Gasteiger partial charge in [0.25, 0.3) is 0 Å². The van der Waals surface area contributed by atoms with Crippen LogP contribution in [0.15, 0.2) is 42.5 Å². The zero-order valence-corrected chi connectivity index (χ0v) is 16.7. The summed E-state index contributed by atoms with van der Waals surface area (Å²) in [5.74, 6) is -0.214. The first-order valence-corrected chi connectivity index (χ1v) is 10.1. The van der Waals surface area contributed by atoms with Crippen molar-refractivity contribution in [2.45, 2.75) is 44.9 Å². The largest absolute Gasteiger partial charge is 0.398 e. The molecule has 1 fully saturated rings. The summed E-state index contributed by atoms with van der Waals surface area (Å²) in [7, 11) is 0. The fraction of sp³-hybridized carbons (Fsp3) is 0.478. The van der Waals surface area contributed by atoms with Crippen LogP contribution in [0.25, 0.3) is 0 Å². The van der Waals surface area contributed by atoms with Crippen LogP contribution in [0.2, 0.25) is 0 Å². The van der Waals surface area contributed by atoms with Gasteiger partial charge in [-0.3, -0.25) is 4.90 Å². The van der Waals surface area contributed by atoms with E-state index in [4.69, 9.17) is 16.2 Å². The molecule has 5 heteroatoms. The molecule has 0 amide bonds. The number of hydrogen-bond acceptors (Lipinski definition) is 4. The smallest absolute Gasteiger partial charge is 0.128 e. The van der Waals surface area contributed by atoms with Crippen LogP contribution < -0.4 is 11.5 Å². The Hall–Kier alpha value is -1.95. The van der Waals surface area contributed by atoms with Crippen LogP contribution in [0.5, 0.6) is 0 Å². The molecule has 0 spiro atoms. The van der Waals surface area contributed by atoms with Gasteiger partial charge in [-0.05, 0) is 36.1 Å². The second-order valence-electron chi connectivity index (χ2n) is 8.72. The first kappa shape index (κ1) is 19.4. The Labute approximate surface area is 166 Å². The third-order valence-corrected chi connectivity index (χ3v) is 7.05. The normalized spacial score (nSPS) is 26.1. The van der Waals surface area contributed by atoms with Gasteiger partial charge in [-0.25, -0.2) is 4.39 Å². The number of halogens is 1. The molecule has 2 atom stereocenters. The molecule has 1 heterocycles. The molecule has 150 valence electrons. The van der Waals surface area contributed by atoms with Crippen molar-refractivity contribution in [2.75, 3.05) is 25.4 Å². The molecule has 1 aliphatic heterocycles. The average Bonchev–Trinajstić information content (AvgIpc) is 2.65. The van der Waals surface area contributed by atoms with Crippen LogP contribution in [0, 0.1) is 11.2 Å². The van der Waals surface area contributed by atoms with E-state index in [1.54, 1.807) is 12.1 Å². The Morgan fingerprint density at radius 1 is 1.18 bits per heavy atom. The van der Waals surface area contributed by atoms with Gasteiger partial charge in [0, 0.05) is 41.3 Å². The van der Waals surface area contributed by atoms with Gasteiger partial charge in [0.15, 0.2) is 0 Å². The lowest BCUT2D eigenvalue weighted by atomic mass is 9.55. The van der Waals surface area contributed by atoms with Crippen LogP contribution in [-0.2, 0) is 23.3 Å². The first-order valence-electron chi connectivity index (χ1n) is 10.1. The molecular formula is C23H30FN3O. The van der Waals surface area contributed by atoms with E-state index in [-0.39, 0.29) is 16.8 Å². The number of nitrogens with zero attached hydrogens (tertiary/aromatic N) is 1. The molecule has 0 radical (unpaired) electrons. The van der Waals surface area contributed by atoms with Gasteiger partial charge in [0.2, 0.25) is 0 Å². The lowest BCUT2D eigenvalue weighted by Crippen LogP contribution is -2.68. The van der Waals surface area contributed by atoms with Crippen LogP contribution in [0.4, 0.5) is 10.1 Å². The molecule has 2 bridgehead atoms. The number of anilines is 1. The number of piperidine rings is 1. The minimum atomic E-state index is -0.370. The molecule has 0 aromatic heterocycles. The highest BCUT2D eigenvalue weighted by atomic mass is 19.1. The lowest BCUT2D eigenvalue weighted by Gasteiger charge is -2.60. The summed E-state index contributed by atoms with van der Waals surface area (Å²) in [5.41, 5.74) is 16.7. The number of ether oxygens (including phenoxy) is 1. The number of rotatable bonds is 5. The van der Waals surface area contributed by atoms with Crippen LogP contribution in [0.1, 0.15) is 37.0 Å². The summed E-state index contributed by atoms with van der Waals surface area (Å²) in [4.78, 5) is 2.47. The highest BCUT2D eigenvalue weighted by molar-refractivity contribution is 5.56. The fourth-order valence-corrected chi connectivity index (χ4v) is 5.11. The van der Waals surface area contributed by atoms with E-state index in [1.807, 2.05) is 18.2 Å². The number of fused-ring (bicyclic) bond motifs is 4. The van der Waals surface area contributed by atoms with E-state index in [2.05, 4.69) is 24.8 Å². The zero-order chi connectivity index (χ0) is 19.9. The highest BCUT2D eigenvalue weighted by Gasteiger charge is 2.56. The molecule has 1 aliphatic carbocycles. The number of likely N-dealkylation sites (tertiary alicyclic amines) is 1. The topological polar surface area (TPSA) is 64.5 Å². The number of hydrogen-bond donors (Lipinski definition) is 2. The van der Waals surface area contributed by atoms with Crippen LogP contribution in [0.3, 0.4) is 0 Å². The maximum Gasteiger partial charge on any atom is 0.128 e. The predicted octanol–water partition coefficient (Wildman–Crippen LogP) is 3.44. The van der Waals surface area contributed by atoms with Gasteiger partial charge in [0.05, 0.1) is 13.2 Å². The Morgan fingerprint density at radius 3 is 2.75 bits per heavy atom. The minimum Gasteiger partial charge on any atom is -0.398 e. The number of benzene rings is 2. The van der Waals surface area contributed by atoms with E-state index >= 15 is 0 Å². The summed E-state index contributed by atoms with van der Waals surface area (Å²) in [5, 5.41) is 0. The van der Waals surface area contributed by atoms with E-state index in [0.717, 1.165) is 31.6 Å². The molecule has 0 unspecified atom stereocenters. The SMILES string of the molecule is CC1(C)[C@H]2Cc3c(N)cccc3[C@@]1(N)CCN2CCOCc1ccccc1F. The molecule has 2 aliphatic rings. The molecule has 2 aromatic rings. The lowest BCUT2D eigenvalue weighted by molar-refractivity contribution is -0.0542. The number of nitrogens with two attached hydrogens (primary N) is 2. The third-order valence-electron chi connectivity index (χ3n) is 7.05. The Kier molecular flexibility index (Phi) is 4.94. The Morgan fingerprint density at radius 2 is 1.96 bits per heavy atom. The molecule has 0 saturated carbocycles. The molecular weight excluding hydrogens is 353 g/mol. The minimum absolute atomic E-state index is 0.0718. The summed E-state index contributed by atoms with van der Waals surface area (Å²) in [6.07, 6.45) is 1.79. The van der Waals surface area contributed by atoms with Crippen molar-refractivity contribution in [1.29, 1.82) is 0 Å². The molecule has 28 heavy (non-hydrogen) atoms. The van der Waals surface area contributed by atoms with Gasteiger partial charge in [-0.15, -0.1) is 0 Å². The Bertz CT molecular complexity index is 869. The van der Waals surface area contributed by atoms with Crippen molar-refractivity contribution in [2.24, 2.45) is 11.1 Å². The summed E-state index contributed by atoms with van der Waals surface area (Å²) in [6.45, 7) is 7.15. The van der Waals surface area contributed by atoms with Crippen molar-refractivity contribution in [1.82, 2.24) is 4.90 Å². The Balaban J connectivity index is 1.47. The maximum atomic E-state index is 13.7. The first-order chi connectivity index (χ1) is 13.3. The second kappa shape index (κ2) is 7.14. The molecule has 1 saturated heterocycles. The van der Waals surface area contributed by atoms with Gasteiger partial charge in [-0.2, -0.15) is 0 Å². The van der Waals surface area contributed by atoms with Crippen molar-refractivity contribution >= 4 is 5.69 Å². The van der Waals surface area contributed by atoms with Crippen LogP contribution in [-0.4, -0.2) is 30.6 Å². The van der Waals surface area contributed by atoms with Gasteiger partial charge < -0.3 is 16.2 Å². The average molecular weight is 384 g/mol. The standard InChI is InChI=1S/C23H30FN3O/c1-22(2)21-14-17-18(7-5-9-20(17)25)23(22,26)10-11-27(21)12-13-28-15-16-6-3-4-8-19(16)24/h3-9,21H,10-15,25-26H2,1-2H3/t21-,23+/m1/s1. The van der Waals surface area contributed by atoms with E-state index in [0.29, 0.717) is 24.8 Å². The monoisotopic (exact) mass is 383 g/mol. The van der Waals surface area contributed by atoms with E-state index in [9.17, 15) is 4.39 Å². The van der Waals surface area contributed by atoms with Crippen molar-refractivity contribution in [3.05, 3.63) is 65.0 Å². The van der Waals surface area contributed by atoms with E-state index < -0.39 is 0 Å². The third kappa shape index (κ3) is 3.02. The predicted molar refractivity (Wildman–Crippen MR) is 110 cm³/mol. The highest BCUT2D eigenvalue weighted by Crippen LogP contribution is 2.53. The zero-order valence-electron chi connectivity index (χ0n) is 16.7. The second-order valence-corrected chi connectivity index (χ2v) is 8.72. The molecule has 4 N–H and O–H groups in total. The van der Waals surface area contributed by atoms with Crippen molar-refractivity contribution in [3.63, 3.8) is 0 Å². The number of nitrogen functional groups attached to an aromatic ring is 1. The van der Waals surface area contributed by atoms with Crippen LogP contribution >= 0.6 is 0 Å². The van der Waals surface area contributed by atoms with E-state index in [1.165, 1.54) is 17.2 Å². The van der Waals surface area contributed by atoms with Gasteiger partial charge in [0.1, 0.15) is 5.82 Å². The molecule has 4 rings (SSSR count). The quantitative estimate of drug-likeness (QED) is 0.613. The molecule has 4 nitrogen and oxygen atoms in total. The summed E-state index contributed by atoms with van der Waals surface area (Å²) in [6, 6.07) is 13.2. The summed E-state index contributed by atoms with van der Waals surface area (Å²) < 4.78 is 19.5.